The van der Waals surface area contributed by atoms with Gasteiger partial charge in [-0.2, -0.15) is 0 Å². The normalized spacial score (nSPS) is 18.8. The fraction of sp³-hybridized carbons (Fsp3) is 0.538. The minimum Gasteiger partial charge on any atom is -0.505 e. The van der Waals surface area contributed by atoms with Crippen molar-refractivity contribution in [2.45, 2.75) is 19.3 Å². The van der Waals surface area contributed by atoms with E-state index in [1.165, 1.54) is 18.5 Å². The monoisotopic (exact) mass is 250 g/mol. The fourth-order valence-electron chi connectivity index (χ4n) is 2.08. The number of amides is 1. The molecule has 0 spiro atoms. The summed E-state index contributed by atoms with van der Waals surface area (Å²) in [5, 5.41) is 12.3. The maximum Gasteiger partial charge on any atom is 0.255 e. The Bertz CT molecular complexity index is 403. The van der Waals surface area contributed by atoms with Gasteiger partial charge in [0.1, 0.15) is 5.75 Å². The van der Waals surface area contributed by atoms with Gasteiger partial charge in [-0.3, -0.25) is 9.78 Å². The summed E-state index contributed by atoms with van der Waals surface area (Å²) >= 11 is 0. The third kappa shape index (κ3) is 3.43. The van der Waals surface area contributed by atoms with Crippen molar-refractivity contribution in [2.75, 3.05) is 19.8 Å². The molecule has 0 aliphatic carbocycles. The molecule has 5 nitrogen and oxygen atoms in total. The molecule has 5 heteroatoms. The zero-order valence-corrected chi connectivity index (χ0v) is 10.3. The zero-order chi connectivity index (χ0) is 12.8. The van der Waals surface area contributed by atoms with E-state index in [1.807, 2.05) is 0 Å². The van der Waals surface area contributed by atoms with Crippen LogP contribution in [0.1, 0.15) is 29.6 Å². The Labute approximate surface area is 106 Å². The Hall–Kier alpha value is -1.62. The van der Waals surface area contributed by atoms with Gasteiger partial charge in [-0.25, -0.2) is 0 Å². The molecule has 1 saturated heterocycles. The highest BCUT2D eigenvalue weighted by Crippen LogP contribution is 2.17. The Morgan fingerprint density at radius 3 is 3.22 bits per heavy atom. The van der Waals surface area contributed by atoms with Gasteiger partial charge in [-0.15, -0.1) is 0 Å². The molecule has 2 N–H and O–H groups in total. The summed E-state index contributed by atoms with van der Waals surface area (Å²) in [6, 6.07) is 1.51. The lowest BCUT2D eigenvalue weighted by Gasteiger charge is -2.08. The van der Waals surface area contributed by atoms with E-state index in [2.05, 4.69) is 10.3 Å². The first kappa shape index (κ1) is 12.8. The molecule has 1 atom stereocenters. The number of ether oxygens (including phenoxy) is 1. The predicted octanol–water partition coefficient (Wildman–Crippen LogP) is 1.33. The van der Waals surface area contributed by atoms with Crippen LogP contribution in [0.3, 0.4) is 0 Å². The summed E-state index contributed by atoms with van der Waals surface area (Å²) in [4.78, 5) is 15.5. The molecule has 1 amide bonds. The Balaban J connectivity index is 1.70. The second kappa shape index (κ2) is 6.35. The minimum atomic E-state index is -0.252. The van der Waals surface area contributed by atoms with Crippen molar-refractivity contribution < 1.29 is 14.6 Å². The average molecular weight is 250 g/mol. The average Bonchev–Trinajstić information content (AvgIpc) is 2.88. The third-order valence-corrected chi connectivity index (χ3v) is 3.14. The second-order valence-corrected chi connectivity index (χ2v) is 4.52. The van der Waals surface area contributed by atoms with Crippen molar-refractivity contribution in [3.05, 3.63) is 24.0 Å². The highest BCUT2D eigenvalue weighted by atomic mass is 16.5. The number of hydrogen-bond donors (Lipinski definition) is 2. The lowest BCUT2D eigenvalue weighted by atomic mass is 10.0. The van der Waals surface area contributed by atoms with Gasteiger partial charge in [-0.1, -0.05) is 0 Å². The molecule has 0 saturated carbocycles. The van der Waals surface area contributed by atoms with Gasteiger partial charge in [0, 0.05) is 26.0 Å². The van der Waals surface area contributed by atoms with Gasteiger partial charge in [0.15, 0.2) is 0 Å². The lowest BCUT2D eigenvalue weighted by Crippen LogP contribution is -2.25. The van der Waals surface area contributed by atoms with Gasteiger partial charge in [0.2, 0.25) is 0 Å². The topological polar surface area (TPSA) is 71.5 Å². The van der Waals surface area contributed by atoms with Crippen LogP contribution in [0.25, 0.3) is 0 Å². The number of aromatic hydroxyl groups is 1. The van der Waals surface area contributed by atoms with E-state index in [0.717, 1.165) is 32.5 Å². The van der Waals surface area contributed by atoms with E-state index >= 15 is 0 Å². The number of carbonyl (C=O) groups excluding carboxylic acids is 1. The van der Waals surface area contributed by atoms with Gasteiger partial charge < -0.3 is 15.2 Å². The van der Waals surface area contributed by atoms with E-state index in [0.29, 0.717) is 12.5 Å². The molecule has 1 aliphatic heterocycles. The molecule has 0 bridgehead atoms. The van der Waals surface area contributed by atoms with Crippen molar-refractivity contribution in [1.82, 2.24) is 10.3 Å². The molecule has 18 heavy (non-hydrogen) atoms. The maximum absolute atomic E-state index is 11.7. The molecular formula is C13H18N2O3. The van der Waals surface area contributed by atoms with Crippen LogP contribution < -0.4 is 5.32 Å². The predicted molar refractivity (Wildman–Crippen MR) is 66.4 cm³/mol. The number of pyridine rings is 1. The molecular weight excluding hydrogens is 232 g/mol. The summed E-state index contributed by atoms with van der Waals surface area (Å²) in [6.45, 7) is 2.33. The Morgan fingerprint density at radius 1 is 1.61 bits per heavy atom. The molecule has 1 aromatic heterocycles. The molecule has 0 radical (unpaired) electrons. The first-order valence-electron chi connectivity index (χ1n) is 6.26. The Morgan fingerprint density at radius 2 is 2.50 bits per heavy atom. The molecule has 1 fully saturated rings. The van der Waals surface area contributed by atoms with Crippen molar-refractivity contribution in [3.63, 3.8) is 0 Å². The van der Waals surface area contributed by atoms with Crippen LogP contribution in [-0.2, 0) is 4.74 Å². The van der Waals surface area contributed by atoms with Crippen molar-refractivity contribution >= 4 is 5.91 Å². The zero-order valence-electron chi connectivity index (χ0n) is 10.3. The minimum absolute atomic E-state index is 0.0841. The van der Waals surface area contributed by atoms with Crippen LogP contribution in [0.2, 0.25) is 0 Å². The summed E-state index contributed by atoms with van der Waals surface area (Å²) in [5.74, 6) is 0.299. The van der Waals surface area contributed by atoms with Crippen molar-refractivity contribution in [3.8, 4) is 5.75 Å². The van der Waals surface area contributed by atoms with E-state index in [1.54, 1.807) is 0 Å². The van der Waals surface area contributed by atoms with Gasteiger partial charge in [0.25, 0.3) is 5.91 Å². The van der Waals surface area contributed by atoms with Gasteiger partial charge >= 0.3 is 0 Å². The highest BCUT2D eigenvalue weighted by molar-refractivity contribution is 5.96. The van der Waals surface area contributed by atoms with Crippen molar-refractivity contribution in [2.24, 2.45) is 5.92 Å². The standard InChI is InChI=1S/C13H18N2O3/c16-12-8-14-6-3-11(12)13(17)15-5-1-2-10-4-7-18-9-10/h3,6,8,10,16H,1-2,4-5,7,9H2,(H,15,17)/t10-/m1/s1. The van der Waals surface area contributed by atoms with Crippen LogP contribution in [0.4, 0.5) is 0 Å². The smallest absolute Gasteiger partial charge is 0.255 e. The lowest BCUT2D eigenvalue weighted by molar-refractivity contribution is 0.0949. The van der Waals surface area contributed by atoms with E-state index in [9.17, 15) is 9.90 Å². The SMILES string of the molecule is O=C(NCCC[C@@H]1CCOC1)c1ccncc1O. The molecule has 0 unspecified atom stereocenters. The third-order valence-electron chi connectivity index (χ3n) is 3.14. The Kier molecular flexibility index (Phi) is 4.52. The maximum atomic E-state index is 11.7. The number of hydrogen-bond acceptors (Lipinski definition) is 4. The molecule has 1 aromatic rings. The summed E-state index contributed by atoms with van der Waals surface area (Å²) < 4.78 is 5.29. The molecule has 2 heterocycles. The van der Waals surface area contributed by atoms with E-state index in [-0.39, 0.29) is 17.2 Å². The molecule has 98 valence electrons. The van der Waals surface area contributed by atoms with Crippen LogP contribution in [0.15, 0.2) is 18.5 Å². The summed E-state index contributed by atoms with van der Waals surface area (Å²) in [5.41, 5.74) is 0.272. The van der Waals surface area contributed by atoms with Gasteiger partial charge in [0.05, 0.1) is 11.8 Å². The fourth-order valence-corrected chi connectivity index (χ4v) is 2.08. The first-order valence-corrected chi connectivity index (χ1v) is 6.26. The van der Waals surface area contributed by atoms with Crippen LogP contribution in [-0.4, -0.2) is 35.8 Å². The molecule has 2 rings (SSSR count). The molecule has 1 aliphatic rings. The number of carbonyl (C=O) groups is 1. The highest BCUT2D eigenvalue weighted by Gasteiger charge is 2.15. The van der Waals surface area contributed by atoms with Crippen LogP contribution >= 0.6 is 0 Å². The van der Waals surface area contributed by atoms with Crippen LogP contribution in [0, 0.1) is 5.92 Å². The van der Waals surface area contributed by atoms with E-state index in [4.69, 9.17) is 4.74 Å². The molecule has 0 aromatic carbocycles. The largest absolute Gasteiger partial charge is 0.505 e. The number of rotatable bonds is 5. The van der Waals surface area contributed by atoms with Crippen molar-refractivity contribution in [1.29, 1.82) is 0 Å². The summed E-state index contributed by atoms with van der Waals surface area (Å²) in [6.07, 6.45) is 5.89. The quantitative estimate of drug-likeness (QED) is 0.773. The van der Waals surface area contributed by atoms with Crippen LogP contribution in [0.5, 0.6) is 5.75 Å². The second-order valence-electron chi connectivity index (χ2n) is 4.52. The number of aromatic nitrogens is 1. The number of nitrogens with zero attached hydrogens (tertiary/aromatic N) is 1. The first-order chi connectivity index (χ1) is 8.77. The van der Waals surface area contributed by atoms with Gasteiger partial charge in [-0.05, 0) is 31.2 Å². The van der Waals surface area contributed by atoms with E-state index < -0.39 is 0 Å². The summed E-state index contributed by atoms with van der Waals surface area (Å²) in [7, 11) is 0. The number of nitrogens with one attached hydrogen (secondary N) is 1.